The molecule has 0 unspecified atom stereocenters. The number of rotatable bonds is 5. The average molecular weight is 277 g/mol. The lowest BCUT2D eigenvalue weighted by molar-refractivity contribution is 0.204. The number of benzene rings is 1. The van der Waals surface area contributed by atoms with Crippen LogP contribution in [0.1, 0.15) is 17.5 Å². The second-order valence-electron chi connectivity index (χ2n) is 5.55. The predicted molar refractivity (Wildman–Crippen MR) is 84.3 cm³/mol. The quantitative estimate of drug-likeness (QED) is 0.849. The highest BCUT2D eigenvalue weighted by molar-refractivity contribution is 5.51. The van der Waals surface area contributed by atoms with Crippen molar-refractivity contribution in [3.8, 4) is 0 Å². The van der Waals surface area contributed by atoms with Crippen LogP contribution in [0.2, 0.25) is 0 Å². The topological polar surface area (TPSA) is 38.7 Å². The Morgan fingerprint density at radius 3 is 2.75 bits per heavy atom. The minimum Gasteiger partial charge on any atom is -0.395 e. The molecule has 0 spiro atoms. The lowest BCUT2D eigenvalue weighted by atomic mass is 10.1. The average Bonchev–Trinajstić information content (AvgIpc) is 2.67. The summed E-state index contributed by atoms with van der Waals surface area (Å²) in [5.74, 6) is 0. The zero-order valence-corrected chi connectivity index (χ0v) is 12.7. The normalized spacial score (nSPS) is 17.2. The van der Waals surface area contributed by atoms with Crippen molar-refractivity contribution in [1.82, 2.24) is 10.2 Å². The van der Waals surface area contributed by atoms with E-state index in [1.165, 1.54) is 16.8 Å². The van der Waals surface area contributed by atoms with Crippen LogP contribution in [0.15, 0.2) is 18.2 Å². The fourth-order valence-electron chi connectivity index (χ4n) is 2.86. The number of hydrogen-bond acceptors (Lipinski definition) is 4. The molecule has 20 heavy (non-hydrogen) atoms. The summed E-state index contributed by atoms with van der Waals surface area (Å²) in [5.41, 5.74) is 4.05. The van der Waals surface area contributed by atoms with E-state index in [1.807, 2.05) is 7.05 Å². The van der Waals surface area contributed by atoms with Gasteiger partial charge in [0.15, 0.2) is 0 Å². The maximum atomic E-state index is 9.05. The van der Waals surface area contributed by atoms with E-state index in [2.05, 4.69) is 40.2 Å². The van der Waals surface area contributed by atoms with Gasteiger partial charge in [-0.2, -0.15) is 0 Å². The standard InChI is InChI=1S/C16H27N3O/c1-14-12-16(5-4-15(14)13-17-2)19-7-3-6-18(8-9-19)10-11-20/h4-5,12,17,20H,3,6-11,13H2,1-2H3. The summed E-state index contributed by atoms with van der Waals surface area (Å²) in [7, 11) is 1.98. The minimum atomic E-state index is 0.262. The lowest BCUT2D eigenvalue weighted by Gasteiger charge is -2.24. The van der Waals surface area contributed by atoms with Crippen molar-refractivity contribution >= 4 is 5.69 Å². The lowest BCUT2D eigenvalue weighted by Crippen LogP contribution is -2.32. The van der Waals surface area contributed by atoms with Crippen molar-refractivity contribution in [3.63, 3.8) is 0 Å². The Bertz CT molecular complexity index is 422. The monoisotopic (exact) mass is 277 g/mol. The first-order valence-corrected chi connectivity index (χ1v) is 7.57. The molecule has 0 aromatic heterocycles. The summed E-state index contributed by atoms with van der Waals surface area (Å²) in [6.45, 7) is 8.46. The Morgan fingerprint density at radius 2 is 2.05 bits per heavy atom. The molecule has 2 N–H and O–H groups in total. The van der Waals surface area contributed by atoms with Crippen LogP contribution in [0, 0.1) is 6.92 Å². The first-order valence-electron chi connectivity index (χ1n) is 7.57. The maximum Gasteiger partial charge on any atom is 0.0558 e. The Balaban J connectivity index is 2.02. The highest BCUT2D eigenvalue weighted by Crippen LogP contribution is 2.20. The molecule has 112 valence electrons. The smallest absolute Gasteiger partial charge is 0.0558 e. The molecule has 1 aliphatic heterocycles. The molecule has 0 radical (unpaired) electrons. The SMILES string of the molecule is CNCc1ccc(N2CCCN(CCO)CC2)cc1C. The molecule has 0 bridgehead atoms. The van der Waals surface area contributed by atoms with Gasteiger partial charge in [-0.15, -0.1) is 0 Å². The molecule has 2 rings (SSSR count). The Labute approximate surface area is 122 Å². The van der Waals surface area contributed by atoms with Gasteiger partial charge >= 0.3 is 0 Å². The van der Waals surface area contributed by atoms with Crippen molar-refractivity contribution in [2.45, 2.75) is 19.9 Å². The second kappa shape index (κ2) is 7.62. The van der Waals surface area contributed by atoms with Crippen molar-refractivity contribution < 1.29 is 5.11 Å². The van der Waals surface area contributed by atoms with E-state index in [0.29, 0.717) is 0 Å². The molecule has 1 saturated heterocycles. The van der Waals surface area contributed by atoms with Crippen LogP contribution in [-0.4, -0.2) is 56.4 Å². The highest BCUT2D eigenvalue weighted by atomic mass is 16.3. The van der Waals surface area contributed by atoms with Gasteiger partial charge < -0.3 is 15.3 Å². The summed E-state index contributed by atoms with van der Waals surface area (Å²) in [6, 6.07) is 6.77. The molecule has 1 aromatic carbocycles. The molecule has 0 amide bonds. The molecule has 4 nitrogen and oxygen atoms in total. The van der Waals surface area contributed by atoms with Crippen LogP contribution in [0.4, 0.5) is 5.69 Å². The predicted octanol–water partition coefficient (Wildman–Crippen LogP) is 1.22. The van der Waals surface area contributed by atoms with Crippen LogP contribution in [-0.2, 0) is 6.54 Å². The third-order valence-electron chi connectivity index (χ3n) is 4.06. The van der Waals surface area contributed by atoms with Gasteiger partial charge in [-0.25, -0.2) is 0 Å². The zero-order chi connectivity index (χ0) is 14.4. The number of aliphatic hydroxyl groups excluding tert-OH is 1. The number of nitrogens with zero attached hydrogens (tertiary/aromatic N) is 2. The number of aryl methyl sites for hydroxylation is 1. The van der Waals surface area contributed by atoms with Crippen molar-refractivity contribution in [1.29, 1.82) is 0 Å². The van der Waals surface area contributed by atoms with E-state index in [4.69, 9.17) is 5.11 Å². The van der Waals surface area contributed by atoms with Gasteiger partial charge in [-0.1, -0.05) is 6.07 Å². The van der Waals surface area contributed by atoms with E-state index < -0.39 is 0 Å². The van der Waals surface area contributed by atoms with Gasteiger partial charge in [0.1, 0.15) is 0 Å². The summed E-state index contributed by atoms with van der Waals surface area (Å²) in [4.78, 5) is 4.82. The first-order chi connectivity index (χ1) is 9.74. The second-order valence-corrected chi connectivity index (χ2v) is 5.55. The van der Waals surface area contributed by atoms with Crippen LogP contribution in [0.25, 0.3) is 0 Å². The molecular weight excluding hydrogens is 250 g/mol. The summed E-state index contributed by atoms with van der Waals surface area (Å²) in [5, 5.41) is 12.3. The van der Waals surface area contributed by atoms with Crippen molar-refractivity contribution in [2.75, 3.05) is 51.3 Å². The van der Waals surface area contributed by atoms with Gasteiger partial charge in [0.2, 0.25) is 0 Å². The Hall–Kier alpha value is -1.10. The molecule has 1 fully saturated rings. The molecule has 4 heteroatoms. The molecule has 0 aliphatic carbocycles. The molecule has 1 aromatic rings. The number of nitrogens with one attached hydrogen (secondary N) is 1. The van der Waals surface area contributed by atoms with E-state index in [1.54, 1.807) is 0 Å². The van der Waals surface area contributed by atoms with E-state index >= 15 is 0 Å². The molecule has 1 heterocycles. The maximum absolute atomic E-state index is 9.05. The minimum absolute atomic E-state index is 0.262. The summed E-state index contributed by atoms with van der Waals surface area (Å²) >= 11 is 0. The number of β-amino-alcohol motifs (C(OH)–C–C–N with tert-alkyl or cyclic N) is 1. The third-order valence-corrected chi connectivity index (χ3v) is 4.06. The van der Waals surface area contributed by atoms with Crippen LogP contribution in [0.3, 0.4) is 0 Å². The molecule has 0 atom stereocenters. The largest absolute Gasteiger partial charge is 0.395 e. The van der Waals surface area contributed by atoms with E-state index in [-0.39, 0.29) is 6.61 Å². The molecule has 1 aliphatic rings. The Morgan fingerprint density at radius 1 is 1.20 bits per heavy atom. The van der Waals surface area contributed by atoms with Crippen molar-refractivity contribution in [3.05, 3.63) is 29.3 Å². The summed E-state index contributed by atoms with van der Waals surface area (Å²) in [6.07, 6.45) is 1.16. The first kappa shape index (κ1) is 15.3. The molecule has 0 saturated carbocycles. The number of anilines is 1. The number of hydrogen-bond donors (Lipinski definition) is 2. The van der Waals surface area contributed by atoms with Gasteiger partial charge in [-0.3, -0.25) is 4.90 Å². The van der Waals surface area contributed by atoms with Crippen LogP contribution < -0.4 is 10.2 Å². The summed E-state index contributed by atoms with van der Waals surface area (Å²) < 4.78 is 0. The highest BCUT2D eigenvalue weighted by Gasteiger charge is 2.15. The van der Waals surface area contributed by atoms with E-state index in [9.17, 15) is 0 Å². The Kier molecular flexibility index (Phi) is 5.83. The van der Waals surface area contributed by atoms with Crippen LogP contribution in [0.5, 0.6) is 0 Å². The van der Waals surface area contributed by atoms with Gasteiger partial charge in [0.05, 0.1) is 6.61 Å². The number of aliphatic hydroxyl groups is 1. The van der Waals surface area contributed by atoms with Gasteiger partial charge in [0.25, 0.3) is 0 Å². The fourth-order valence-corrected chi connectivity index (χ4v) is 2.86. The van der Waals surface area contributed by atoms with Gasteiger partial charge in [-0.05, 0) is 50.2 Å². The zero-order valence-electron chi connectivity index (χ0n) is 12.7. The van der Waals surface area contributed by atoms with Crippen LogP contribution >= 0.6 is 0 Å². The van der Waals surface area contributed by atoms with Gasteiger partial charge in [0, 0.05) is 38.4 Å². The fraction of sp³-hybridized carbons (Fsp3) is 0.625. The third kappa shape index (κ3) is 3.95. The molecular formula is C16H27N3O. The van der Waals surface area contributed by atoms with Crippen molar-refractivity contribution in [2.24, 2.45) is 0 Å². The van der Waals surface area contributed by atoms with E-state index in [0.717, 1.165) is 45.7 Å².